The fraction of sp³-hybridized carbons (Fsp3) is 0.273. The van der Waals surface area contributed by atoms with E-state index in [1.165, 1.54) is 0 Å². The molecule has 0 saturated heterocycles. The Labute approximate surface area is 76.7 Å². The van der Waals surface area contributed by atoms with E-state index in [4.69, 9.17) is 6.42 Å². The Morgan fingerprint density at radius 3 is 1.58 bits per heavy atom. The molecule has 0 heterocycles. The molecule has 0 aliphatic rings. The molecule has 0 nitrogen and oxygen atoms in total. The van der Waals surface area contributed by atoms with Gasteiger partial charge in [0, 0.05) is 5.04 Å². The zero-order valence-corrected chi connectivity index (χ0v) is 8.93. The minimum atomic E-state index is -1.89. The van der Waals surface area contributed by atoms with Gasteiger partial charge >= 0.3 is 0 Å². The summed E-state index contributed by atoms with van der Waals surface area (Å²) in [5, 5.41) is -0.182. The van der Waals surface area contributed by atoms with Gasteiger partial charge in [-0.1, -0.05) is 30.9 Å². The quantitative estimate of drug-likeness (QED) is 0.456. The highest BCUT2D eigenvalue weighted by Gasteiger charge is 2.38. The van der Waals surface area contributed by atoms with Gasteiger partial charge in [-0.3, -0.25) is 0 Å². The monoisotopic (exact) mass is 176 g/mol. The zero-order chi connectivity index (χ0) is 9.83. The third-order valence-corrected chi connectivity index (χ3v) is 6.79. The average Bonchev–Trinajstić information content (AvgIpc) is 2.08. The summed E-state index contributed by atoms with van der Waals surface area (Å²) in [6.45, 7) is 15.5. The normalized spacial score (nSPS) is 11.4. The van der Waals surface area contributed by atoms with E-state index in [0.29, 0.717) is 0 Å². The highest BCUT2D eigenvalue weighted by Crippen LogP contribution is 2.37. The van der Waals surface area contributed by atoms with Crippen molar-refractivity contribution in [2.24, 2.45) is 0 Å². The van der Waals surface area contributed by atoms with Crippen LogP contribution in [-0.4, -0.2) is 8.07 Å². The van der Waals surface area contributed by atoms with Crippen molar-refractivity contribution in [2.75, 3.05) is 0 Å². The molecule has 0 aliphatic heterocycles. The van der Waals surface area contributed by atoms with Gasteiger partial charge in [-0.2, -0.15) is 0 Å². The maximum Gasteiger partial charge on any atom is 0.142 e. The number of rotatable bonds is 4. The van der Waals surface area contributed by atoms with Crippen molar-refractivity contribution < 1.29 is 0 Å². The van der Waals surface area contributed by atoms with Crippen LogP contribution in [0.15, 0.2) is 36.8 Å². The van der Waals surface area contributed by atoms with Crippen LogP contribution in [0.25, 0.3) is 0 Å². The third-order valence-electron chi connectivity index (χ3n) is 2.46. The second kappa shape index (κ2) is 3.60. The van der Waals surface area contributed by atoms with Gasteiger partial charge in [-0.25, -0.2) is 0 Å². The first-order valence-corrected chi connectivity index (χ1v) is 6.11. The van der Waals surface area contributed by atoms with Crippen molar-refractivity contribution in [2.45, 2.75) is 18.9 Å². The van der Waals surface area contributed by atoms with Crippen molar-refractivity contribution in [1.82, 2.24) is 0 Å². The van der Waals surface area contributed by atoms with Crippen molar-refractivity contribution in [3.63, 3.8) is 0 Å². The van der Waals surface area contributed by atoms with Gasteiger partial charge in [0.2, 0.25) is 0 Å². The highest BCUT2D eigenvalue weighted by molar-refractivity contribution is 6.95. The van der Waals surface area contributed by atoms with Gasteiger partial charge < -0.3 is 0 Å². The lowest BCUT2D eigenvalue weighted by Crippen LogP contribution is -2.39. The maximum atomic E-state index is 5.46. The van der Waals surface area contributed by atoms with E-state index in [0.717, 1.165) is 0 Å². The second-order valence-corrected chi connectivity index (χ2v) is 7.66. The molecule has 0 aromatic rings. The number of hydrogen-bond acceptors (Lipinski definition) is 0. The Balaban J connectivity index is 5.26. The molecule has 0 fully saturated rings. The van der Waals surface area contributed by atoms with Gasteiger partial charge in [-0.05, 0) is 0 Å². The molecule has 0 radical (unpaired) electrons. The summed E-state index contributed by atoms with van der Waals surface area (Å²) in [4.78, 5) is 0. The van der Waals surface area contributed by atoms with E-state index in [1.54, 1.807) is 0 Å². The molecule has 0 rings (SSSR count). The van der Waals surface area contributed by atoms with Crippen LogP contribution in [0.5, 0.6) is 0 Å². The highest BCUT2D eigenvalue weighted by atomic mass is 28.3. The van der Waals surface area contributed by atoms with Crippen LogP contribution in [0.4, 0.5) is 0 Å². The van der Waals surface area contributed by atoms with Gasteiger partial charge in [0.1, 0.15) is 8.07 Å². The first kappa shape index (κ1) is 11.0. The van der Waals surface area contributed by atoms with Crippen LogP contribution in [0.1, 0.15) is 13.8 Å². The predicted molar refractivity (Wildman–Crippen MR) is 59.2 cm³/mol. The Bertz CT molecular complexity index is 218. The summed E-state index contributed by atoms with van der Waals surface area (Å²) >= 11 is 0. The van der Waals surface area contributed by atoms with Crippen LogP contribution < -0.4 is 0 Å². The summed E-state index contributed by atoms with van der Waals surface area (Å²) < 4.78 is 0. The molecule has 0 aromatic carbocycles. The summed E-state index contributed by atoms with van der Waals surface area (Å²) in [5.41, 5.74) is 5.77. The van der Waals surface area contributed by atoms with E-state index in [2.05, 4.69) is 25.7 Å². The lowest BCUT2D eigenvalue weighted by Gasteiger charge is -2.33. The lowest BCUT2D eigenvalue weighted by atomic mass is 10.2. The van der Waals surface area contributed by atoms with Gasteiger partial charge in [0.05, 0.1) is 0 Å². The van der Waals surface area contributed by atoms with E-state index in [-0.39, 0.29) is 5.04 Å². The summed E-state index contributed by atoms with van der Waals surface area (Å²) in [5.74, 6) is 2.78. The standard InChI is InChI=1S/C11H16Si/c1-7-11(5,6)12(8-2,9-3)10-4/h1,8-10H,2-4H2,5-6H3. The molecule has 0 bridgehead atoms. The van der Waals surface area contributed by atoms with E-state index < -0.39 is 8.07 Å². The first-order valence-electron chi connectivity index (χ1n) is 3.88. The van der Waals surface area contributed by atoms with Crippen molar-refractivity contribution >= 4 is 8.07 Å². The molecule has 12 heavy (non-hydrogen) atoms. The Morgan fingerprint density at radius 2 is 1.50 bits per heavy atom. The molecule has 1 heteroatoms. The van der Waals surface area contributed by atoms with Crippen LogP contribution in [0.2, 0.25) is 5.04 Å². The molecule has 0 saturated carbocycles. The molecular weight excluding hydrogens is 160 g/mol. The Kier molecular flexibility index (Phi) is 3.30. The molecule has 0 amide bonds. The predicted octanol–water partition coefficient (Wildman–Crippen LogP) is 3.02. The van der Waals surface area contributed by atoms with Crippen molar-refractivity contribution in [1.29, 1.82) is 0 Å². The lowest BCUT2D eigenvalue weighted by molar-refractivity contribution is 0.862. The van der Waals surface area contributed by atoms with Gasteiger partial charge in [0.15, 0.2) is 0 Å². The Morgan fingerprint density at radius 1 is 1.17 bits per heavy atom. The van der Waals surface area contributed by atoms with Crippen molar-refractivity contribution in [3.05, 3.63) is 36.8 Å². The van der Waals surface area contributed by atoms with E-state index >= 15 is 0 Å². The minimum absolute atomic E-state index is 0.182. The largest absolute Gasteiger partial charge is 0.142 e. The molecule has 0 atom stereocenters. The molecule has 0 spiro atoms. The minimum Gasteiger partial charge on any atom is -0.120 e. The molecule has 0 unspecified atom stereocenters. The summed E-state index contributed by atoms with van der Waals surface area (Å²) in [7, 11) is -1.89. The SMILES string of the molecule is C#CC(C)(C)[Si](C=C)(C=C)C=C. The van der Waals surface area contributed by atoms with Crippen LogP contribution in [0, 0.1) is 12.3 Å². The maximum absolute atomic E-state index is 5.46. The number of hydrogen-bond donors (Lipinski definition) is 0. The van der Waals surface area contributed by atoms with E-state index in [9.17, 15) is 0 Å². The molecule has 64 valence electrons. The fourth-order valence-corrected chi connectivity index (χ4v) is 3.42. The fourth-order valence-electron chi connectivity index (χ4n) is 1.14. The smallest absolute Gasteiger partial charge is 0.120 e. The summed E-state index contributed by atoms with van der Waals surface area (Å²) in [6.07, 6.45) is 5.46. The zero-order valence-electron chi connectivity index (χ0n) is 7.93. The first-order chi connectivity index (χ1) is 5.49. The van der Waals surface area contributed by atoms with Crippen LogP contribution in [0.3, 0.4) is 0 Å². The second-order valence-electron chi connectivity index (χ2n) is 3.31. The van der Waals surface area contributed by atoms with Gasteiger partial charge in [0.25, 0.3) is 0 Å². The van der Waals surface area contributed by atoms with Crippen molar-refractivity contribution in [3.8, 4) is 12.3 Å². The molecular formula is C11H16Si. The van der Waals surface area contributed by atoms with Crippen LogP contribution >= 0.6 is 0 Å². The third kappa shape index (κ3) is 1.44. The topological polar surface area (TPSA) is 0 Å². The number of terminal acetylenes is 1. The average molecular weight is 176 g/mol. The molecule has 0 N–H and O–H groups in total. The van der Waals surface area contributed by atoms with E-state index in [1.807, 2.05) is 30.9 Å². The Hall–Kier alpha value is -1.00. The van der Waals surface area contributed by atoms with Gasteiger partial charge in [-0.15, -0.1) is 32.1 Å². The summed E-state index contributed by atoms with van der Waals surface area (Å²) in [6, 6.07) is 0. The van der Waals surface area contributed by atoms with Crippen LogP contribution in [-0.2, 0) is 0 Å². The molecule has 0 aliphatic carbocycles. The molecule has 0 aromatic heterocycles.